The minimum atomic E-state index is 0.485. The summed E-state index contributed by atoms with van der Waals surface area (Å²) < 4.78 is 0. The summed E-state index contributed by atoms with van der Waals surface area (Å²) >= 11 is 5.29. The zero-order valence-electron chi connectivity index (χ0n) is 15.5. The molecule has 4 nitrogen and oxygen atoms in total. The van der Waals surface area contributed by atoms with Crippen molar-refractivity contribution in [3.63, 3.8) is 0 Å². The molecule has 3 rings (SSSR count). The van der Waals surface area contributed by atoms with Crippen LogP contribution in [-0.4, -0.2) is 24.4 Å². The van der Waals surface area contributed by atoms with Gasteiger partial charge >= 0.3 is 0 Å². The molecule has 0 unspecified atom stereocenters. The van der Waals surface area contributed by atoms with Crippen LogP contribution >= 0.6 is 12.2 Å². The first kappa shape index (κ1) is 18.4. The van der Waals surface area contributed by atoms with E-state index in [1.54, 1.807) is 0 Å². The van der Waals surface area contributed by atoms with Crippen molar-refractivity contribution in [2.45, 2.75) is 33.1 Å². The van der Waals surface area contributed by atoms with Gasteiger partial charge in [-0.3, -0.25) is 5.43 Å². The van der Waals surface area contributed by atoms with Crippen molar-refractivity contribution in [1.82, 2.24) is 5.43 Å². The van der Waals surface area contributed by atoms with E-state index in [4.69, 9.17) is 12.2 Å². The molecule has 1 aliphatic heterocycles. The number of thiocarbonyl (C=S) groups is 1. The summed E-state index contributed by atoms with van der Waals surface area (Å²) in [6, 6.07) is 14.7. The summed E-state index contributed by atoms with van der Waals surface area (Å²) in [5.41, 5.74) is 8.91. The predicted octanol–water partition coefficient (Wildman–Crippen LogP) is 4.48. The maximum Gasteiger partial charge on any atom is 0.191 e. The van der Waals surface area contributed by atoms with Crippen LogP contribution in [-0.2, 0) is 6.42 Å². The van der Waals surface area contributed by atoms with Crippen LogP contribution in [0.25, 0.3) is 0 Å². The van der Waals surface area contributed by atoms with Crippen molar-refractivity contribution < 1.29 is 0 Å². The number of nitrogens with one attached hydrogen (secondary N) is 2. The first-order valence-electron chi connectivity index (χ1n) is 9.20. The Morgan fingerprint density at radius 3 is 2.96 bits per heavy atom. The highest BCUT2D eigenvalue weighted by Gasteiger charge is 2.15. The summed E-state index contributed by atoms with van der Waals surface area (Å²) in [7, 11) is 0. The van der Waals surface area contributed by atoms with Gasteiger partial charge in [-0.2, -0.15) is 5.10 Å². The Hall–Kier alpha value is -2.40. The first-order chi connectivity index (χ1) is 12.7. The van der Waals surface area contributed by atoms with E-state index in [1.807, 2.05) is 24.4 Å². The number of anilines is 2. The van der Waals surface area contributed by atoms with Crippen LogP contribution in [0.3, 0.4) is 0 Å². The molecule has 0 aromatic heterocycles. The zero-order chi connectivity index (χ0) is 18.4. The van der Waals surface area contributed by atoms with Gasteiger partial charge in [-0.05, 0) is 79.4 Å². The molecule has 2 aromatic rings. The third kappa shape index (κ3) is 4.82. The van der Waals surface area contributed by atoms with Gasteiger partial charge in [-0.25, -0.2) is 0 Å². The van der Waals surface area contributed by atoms with Crippen LogP contribution in [0.2, 0.25) is 0 Å². The van der Waals surface area contributed by atoms with Crippen LogP contribution in [0, 0.1) is 6.92 Å². The maximum absolute atomic E-state index is 5.29. The van der Waals surface area contributed by atoms with Gasteiger partial charge in [-0.1, -0.05) is 25.1 Å². The molecule has 0 saturated heterocycles. The topological polar surface area (TPSA) is 39.7 Å². The highest BCUT2D eigenvalue weighted by Crippen LogP contribution is 2.27. The molecule has 0 saturated carbocycles. The lowest BCUT2D eigenvalue weighted by molar-refractivity contribution is 0.681. The minimum absolute atomic E-state index is 0.485. The van der Waals surface area contributed by atoms with E-state index in [0.29, 0.717) is 5.11 Å². The van der Waals surface area contributed by atoms with Crippen LogP contribution in [0.1, 0.15) is 36.5 Å². The zero-order valence-corrected chi connectivity index (χ0v) is 16.3. The number of hydrogen-bond donors (Lipinski definition) is 2. The Morgan fingerprint density at radius 1 is 1.27 bits per heavy atom. The molecule has 5 heteroatoms. The number of nitrogens with zero attached hydrogens (tertiary/aromatic N) is 2. The lowest BCUT2D eigenvalue weighted by atomic mass is 9.99. The first-order valence-corrected chi connectivity index (χ1v) is 9.61. The van der Waals surface area contributed by atoms with E-state index in [1.165, 1.54) is 29.7 Å². The normalized spacial score (nSPS) is 13.5. The van der Waals surface area contributed by atoms with Gasteiger partial charge in [0.1, 0.15) is 0 Å². The second-order valence-corrected chi connectivity index (χ2v) is 7.08. The highest BCUT2D eigenvalue weighted by molar-refractivity contribution is 7.80. The summed E-state index contributed by atoms with van der Waals surface area (Å²) in [6.07, 6.45) is 5.36. The molecular weight excluding hydrogens is 340 g/mol. The predicted molar refractivity (Wildman–Crippen MR) is 115 cm³/mol. The summed E-state index contributed by atoms with van der Waals surface area (Å²) in [5.74, 6) is 0. The van der Waals surface area contributed by atoms with E-state index in [0.717, 1.165) is 30.8 Å². The van der Waals surface area contributed by atoms with Crippen molar-refractivity contribution >= 4 is 34.9 Å². The van der Waals surface area contributed by atoms with Crippen LogP contribution < -0.4 is 15.6 Å². The third-order valence-electron chi connectivity index (χ3n) is 4.47. The second-order valence-electron chi connectivity index (χ2n) is 6.67. The number of hydrogen-bond acceptors (Lipinski definition) is 3. The van der Waals surface area contributed by atoms with E-state index >= 15 is 0 Å². The highest BCUT2D eigenvalue weighted by atomic mass is 32.1. The standard InChI is InChI=1S/C21H26N4S/c1-3-11-25-12-5-7-18-14-17(9-10-20(18)25)15-22-24-21(26)23-19-8-4-6-16(2)13-19/h4,6,8-10,13-15H,3,5,7,11-12H2,1-2H3,(H2,23,24,26). The molecule has 136 valence electrons. The average molecular weight is 367 g/mol. The SMILES string of the molecule is CCCN1CCCc2cc(C=NNC(=S)Nc3cccc(C)c3)ccc21. The second kappa shape index (κ2) is 8.81. The smallest absolute Gasteiger partial charge is 0.191 e. The number of benzene rings is 2. The monoisotopic (exact) mass is 366 g/mol. The van der Waals surface area contributed by atoms with Crippen molar-refractivity contribution in [3.8, 4) is 0 Å². The summed E-state index contributed by atoms with van der Waals surface area (Å²) in [4.78, 5) is 2.49. The molecule has 0 radical (unpaired) electrons. The Balaban J connectivity index is 1.59. The fraction of sp³-hybridized carbons (Fsp3) is 0.333. The van der Waals surface area contributed by atoms with E-state index in [-0.39, 0.29) is 0 Å². The summed E-state index contributed by atoms with van der Waals surface area (Å²) in [5, 5.41) is 7.90. The quantitative estimate of drug-likeness (QED) is 0.465. The van der Waals surface area contributed by atoms with E-state index < -0.39 is 0 Å². The molecule has 0 atom stereocenters. The van der Waals surface area contributed by atoms with Gasteiger partial charge in [0.05, 0.1) is 6.21 Å². The van der Waals surface area contributed by atoms with Gasteiger partial charge in [-0.15, -0.1) is 0 Å². The van der Waals surface area contributed by atoms with Crippen LogP contribution in [0.15, 0.2) is 47.6 Å². The molecule has 0 spiro atoms. The molecule has 2 aromatic carbocycles. The maximum atomic E-state index is 5.29. The Kier molecular flexibility index (Phi) is 6.23. The number of rotatable bonds is 5. The lowest BCUT2D eigenvalue weighted by Crippen LogP contribution is -2.30. The van der Waals surface area contributed by atoms with Gasteiger partial charge in [0.2, 0.25) is 0 Å². The fourth-order valence-electron chi connectivity index (χ4n) is 3.32. The minimum Gasteiger partial charge on any atom is -0.371 e. The molecule has 1 aliphatic rings. The lowest BCUT2D eigenvalue weighted by Gasteiger charge is -2.31. The molecule has 0 fully saturated rings. The number of hydrazone groups is 1. The van der Waals surface area contributed by atoms with Crippen molar-refractivity contribution in [1.29, 1.82) is 0 Å². The van der Waals surface area contributed by atoms with Crippen LogP contribution in [0.5, 0.6) is 0 Å². The Labute approximate surface area is 161 Å². The largest absolute Gasteiger partial charge is 0.371 e. The van der Waals surface area contributed by atoms with Gasteiger partial charge in [0, 0.05) is 24.5 Å². The number of fused-ring (bicyclic) bond motifs is 1. The number of aryl methyl sites for hydroxylation is 2. The molecular formula is C21H26N4S. The molecule has 26 heavy (non-hydrogen) atoms. The molecule has 2 N–H and O–H groups in total. The molecule has 0 bridgehead atoms. The molecule has 1 heterocycles. The Morgan fingerprint density at radius 2 is 2.15 bits per heavy atom. The van der Waals surface area contributed by atoms with Crippen molar-refractivity contribution in [2.75, 3.05) is 23.3 Å². The van der Waals surface area contributed by atoms with E-state index in [2.05, 4.69) is 58.9 Å². The van der Waals surface area contributed by atoms with Gasteiger partial charge < -0.3 is 10.2 Å². The van der Waals surface area contributed by atoms with E-state index in [9.17, 15) is 0 Å². The average Bonchev–Trinajstić information content (AvgIpc) is 2.62. The Bertz CT molecular complexity index is 800. The summed E-state index contributed by atoms with van der Waals surface area (Å²) in [6.45, 7) is 6.57. The van der Waals surface area contributed by atoms with Crippen molar-refractivity contribution in [3.05, 3.63) is 59.2 Å². The van der Waals surface area contributed by atoms with Gasteiger partial charge in [0.15, 0.2) is 5.11 Å². The third-order valence-corrected chi connectivity index (χ3v) is 4.66. The molecule has 0 amide bonds. The van der Waals surface area contributed by atoms with Crippen molar-refractivity contribution in [2.24, 2.45) is 5.10 Å². The van der Waals surface area contributed by atoms with Gasteiger partial charge in [0.25, 0.3) is 0 Å². The van der Waals surface area contributed by atoms with Crippen LogP contribution in [0.4, 0.5) is 11.4 Å². The fourth-order valence-corrected chi connectivity index (χ4v) is 3.50. The molecule has 0 aliphatic carbocycles.